The summed E-state index contributed by atoms with van der Waals surface area (Å²) in [6, 6.07) is 6.54. The lowest BCUT2D eigenvalue weighted by molar-refractivity contribution is 0.623. The molecule has 1 aromatic carbocycles. The van der Waals surface area contributed by atoms with Gasteiger partial charge in [-0.25, -0.2) is 0 Å². The van der Waals surface area contributed by atoms with Crippen LogP contribution in [0.5, 0.6) is 0 Å². The summed E-state index contributed by atoms with van der Waals surface area (Å²) in [4.78, 5) is 2.27. The molecule has 0 amide bonds. The first-order chi connectivity index (χ1) is 6.74. The maximum Gasteiger partial charge on any atom is 0.0791 e. The van der Waals surface area contributed by atoms with Crippen molar-refractivity contribution in [2.24, 2.45) is 0 Å². The molecule has 1 aliphatic heterocycles. The minimum atomic E-state index is 0.544. The van der Waals surface area contributed by atoms with Crippen molar-refractivity contribution in [2.75, 3.05) is 23.8 Å². The van der Waals surface area contributed by atoms with Gasteiger partial charge in [-0.05, 0) is 18.6 Å². The average molecular weight is 211 g/mol. The van der Waals surface area contributed by atoms with Gasteiger partial charge < -0.3 is 10.2 Å². The number of anilines is 2. The molecule has 0 aromatic heterocycles. The van der Waals surface area contributed by atoms with Crippen LogP contribution in [-0.4, -0.2) is 19.6 Å². The fourth-order valence-corrected chi connectivity index (χ4v) is 2.29. The predicted molar refractivity (Wildman–Crippen MR) is 62.4 cm³/mol. The van der Waals surface area contributed by atoms with Gasteiger partial charge in [0.15, 0.2) is 0 Å². The Hall–Kier alpha value is -0.890. The van der Waals surface area contributed by atoms with Gasteiger partial charge in [0.1, 0.15) is 0 Å². The van der Waals surface area contributed by atoms with E-state index in [-0.39, 0.29) is 0 Å². The molecule has 76 valence electrons. The molecule has 2 nitrogen and oxygen atoms in total. The summed E-state index contributed by atoms with van der Waals surface area (Å²) in [5.41, 5.74) is 2.27. The number of halogens is 1. The van der Waals surface area contributed by atoms with Gasteiger partial charge >= 0.3 is 0 Å². The molecule has 2 rings (SSSR count). The van der Waals surface area contributed by atoms with Crippen molar-refractivity contribution < 1.29 is 0 Å². The maximum absolute atomic E-state index is 6.18. The van der Waals surface area contributed by atoms with E-state index in [9.17, 15) is 0 Å². The SMILES string of the molecule is CCC1CNc2cccc(Cl)c2N1C. The lowest BCUT2D eigenvalue weighted by Gasteiger charge is -2.36. The molecule has 0 spiro atoms. The van der Waals surface area contributed by atoms with Crippen molar-refractivity contribution in [1.82, 2.24) is 0 Å². The second-order valence-electron chi connectivity index (χ2n) is 3.69. The molecule has 1 unspecified atom stereocenters. The second-order valence-corrected chi connectivity index (χ2v) is 4.10. The monoisotopic (exact) mass is 210 g/mol. The second kappa shape index (κ2) is 3.70. The third kappa shape index (κ3) is 1.44. The minimum Gasteiger partial charge on any atom is -0.381 e. The molecule has 0 saturated carbocycles. The Morgan fingerprint density at radius 1 is 1.57 bits per heavy atom. The Morgan fingerprint density at radius 3 is 3.07 bits per heavy atom. The quantitative estimate of drug-likeness (QED) is 0.767. The van der Waals surface area contributed by atoms with E-state index in [1.54, 1.807) is 0 Å². The Labute approximate surface area is 89.9 Å². The highest BCUT2D eigenvalue weighted by molar-refractivity contribution is 6.34. The van der Waals surface area contributed by atoms with Crippen LogP contribution in [0, 0.1) is 0 Å². The summed E-state index contributed by atoms with van der Waals surface area (Å²) in [6.45, 7) is 3.20. The van der Waals surface area contributed by atoms with Crippen molar-refractivity contribution in [3.8, 4) is 0 Å². The first kappa shape index (κ1) is 9.66. The van der Waals surface area contributed by atoms with Crippen LogP contribution in [-0.2, 0) is 0 Å². The topological polar surface area (TPSA) is 15.3 Å². The van der Waals surface area contributed by atoms with E-state index in [0.717, 1.165) is 29.4 Å². The molecule has 0 saturated heterocycles. The first-order valence-electron chi connectivity index (χ1n) is 4.99. The highest BCUT2D eigenvalue weighted by atomic mass is 35.5. The molecule has 0 radical (unpaired) electrons. The maximum atomic E-state index is 6.18. The number of fused-ring (bicyclic) bond motifs is 1. The van der Waals surface area contributed by atoms with E-state index in [2.05, 4.69) is 30.3 Å². The van der Waals surface area contributed by atoms with Gasteiger partial charge in [0.25, 0.3) is 0 Å². The van der Waals surface area contributed by atoms with Gasteiger partial charge in [-0.15, -0.1) is 0 Å². The fourth-order valence-electron chi connectivity index (χ4n) is 1.98. The van der Waals surface area contributed by atoms with Gasteiger partial charge in [0, 0.05) is 19.6 Å². The Kier molecular flexibility index (Phi) is 2.55. The smallest absolute Gasteiger partial charge is 0.0791 e. The number of nitrogens with zero attached hydrogens (tertiary/aromatic N) is 1. The highest BCUT2D eigenvalue weighted by Crippen LogP contribution is 2.37. The van der Waals surface area contributed by atoms with E-state index in [1.807, 2.05) is 12.1 Å². The summed E-state index contributed by atoms with van der Waals surface area (Å²) in [5.74, 6) is 0. The zero-order valence-corrected chi connectivity index (χ0v) is 9.30. The van der Waals surface area contributed by atoms with Crippen molar-refractivity contribution in [3.05, 3.63) is 23.2 Å². The van der Waals surface area contributed by atoms with Gasteiger partial charge in [-0.3, -0.25) is 0 Å². The average Bonchev–Trinajstić information content (AvgIpc) is 2.18. The number of para-hydroxylation sites is 1. The van der Waals surface area contributed by atoms with Crippen LogP contribution in [0.4, 0.5) is 11.4 Å². The first-order valence-corrected chi connectivity index (χ1v) is 5.37. The predicted octanol–water partition coefficient (Wildman–Crippen LogP) is 2.98. The lowest BCUT2D eigenvalue weighted by atomic mass is 10.1. The van der Waals surface area contributed by atoms with Gasteiger partial charge in [-0.2, -0.15) is 0 Å². The van der Waals surface area contributed by atoms with E-state index in [1.165, 1.54) is 0 Å². The number of nitrogens with one attached hydrogen (secondary N) is 1. The zero-order valence-electron chi connectivity index (χ0n) is 8.55. The number of likely N-dealkylation sites (N-methyl/N-ethyl adjacent to an activating group) is 1. The molecule has 1 aliphatic rings. The van der Waals surface area contributed by atoms with Crippen LogP contribution in [0.15, 0.2) is 18.2 Å². The van der Waals surface area contributed by atoms with Crippen LogP contribution >= 0.6 is 11.6 Å². The summed E-state index contributed by atoms with van der Waals surface area (Å²) >= 11 is 6.18. The van der Waals surface area contributed by atoms with E-state index in [0.29, 0.717) is 6.04 Å². The third-order valence-corrected chi connectivity index (χ3v) is 3.19. The van der Waals surface area contributed by atoms with E-state index in [4.69, 9.17) is 11.6 Å². The molecule has 0 bridgehead atoms. The van der Waals surface area contributed by atoms with Crippen molar-refractivity contribution in [3.63, 3.8) is 0 Å². The minimum absolute atomic E-state index is 0.544. The van der Waals surface area contributed by atoms with E-state index < -0.39 is 0 Å². The Morgan fingerprint density at radius 2 is 2.36 bits per heavy atom. The molecule has 1 heterocycles. The standard InChI is InChI=1S/C11H15ClN2/c1-3-8-7-13-10-6-4-5-9(12)11(10)14(8)2/h4-6,8,13H,3,7H2,1-2H3. The number of hydrogen-bond acceptors (Lipinski definition) is 2. The van der Waals surface area contributed by atoms with Crippen molar-refractivity contribution >= 4 is 23.0 Å². The Balaban J connectivity index is 2.43. The number of hydrogen-bond donors (Lipinski definition) is 1. The number of rotatable bonds is 1. The Bertz CT molecular complexity index is 338. The molecule has 14 heavy (non-hydrogen) atoms. The molecule has 3 heteroatoms. The van der Waals surface area contributed by atoms with Crippen LogP contribution in [0.25, 0.3) is 0 Å². The van der Waals surface area contributed by atoms with E-state index >= 15 is 0 Å². The van der Waals surface area contributed by atoms with Crippen LogP contribution in [0.2, 0.25) is 5.02 Å². The molecule has 1 atom stereocenters. The van der Waals surface area contributed by atoms with Gasteiger partial charge in [-0.1, -0.05) is 24.6 Å². The summed E-state index contributed by atoms with van der Waals surface area (Å²) in [5, 5.41) is 4.24. The normalized spacial score (nSPS) is 20.2. The van der Waals surface area contributed by atoms with Crippen molar-refractivity contribution in [2.45, 2.75) is 19.4 Å². The summed E-state index contributed by atoms with van der Waals surface area (Å²) in [7, 11) is 2.11. The molecular formula is C11H15ClN2. The fraction of sp³-hybridized carbons (Fsp3) is 0.455. The molecule has 1 aromatic rings. The van der Waals surface area contributed by atoms with Gasteiger partial charge in [0.05, 0.1) is 16.4 Å². The number of benzene rings is 1. The highest BCUT2D eigenvalue weighted by Gasteiger charge is 2.23. The molecule has 0 aliphatic carbocycles. The molecular weight excluding hydrogens is 196 g/mol. The molecule has 0 fully saturated rings. The van der Waals surface area contributed by atoms with Gasteiger partial charge in [0.2, 0.25) is 0 Å². The zero-order chi connectivity index (χ0) is 10.1. The summed E-state index contributed by atoms with van der Waals surface area (Å²) < 4.78 is 0. The molecule has 1 N–H and O–H groups in total. The summed E-state index contributed by atoms with van der Waals surface area (Å²) in [6.07, 6.45) is 1.13. The van der Waals surface area contributed by atoms with Crippen LogP contribution in [0.3, 0.4) is 0 Å². The van der Waals surface area contributed by atoms with Crippen LogP contribution < -0.4 is 10.2 Å². The lowest BCUT2D eigenvalue weighted by Crippen LogP contribution is -2.41. The largest absolute Gasteiger partial charge is 0.381 e. The third-order valence-electron chi connectivity index (χ3n) is 2.89. The van der Waals surface area contributed by atoms with Crippen LogP contribution in [0.1, 0.15) is 13.3 Å². The van der Waals surface area contributed by atoms with Crippen molar-refractivity contribution in [1.29, 1.82) is 0 Å².